The van der Waals surface area contributed by atoms with E-state index >= 15 is 0 Å². The number of hydrogen-bond donors (Lipinski definition) is 3. The van der Waals surface area contributed by atoms with Crippen molar-refractivity contribution in [3.05, 3.63) is 0 Å². The molecule has 0 rings (SSSR count). The quantitative estimate of drug-likeness (QED) is 0.187. The molecule has 1 amide bonds. The zero-order valence-electron chi connectivity index (χ0n) is 4.66. The first-order chi connectivity index (χ1) is 4.57. The molecule has 0 aliphatic heterocycles. The van der Waals surface area contributed by atoms with Crippen molar-refractivity contribution >= 4 is 42.1 Å². The highest BCUT2D eigenvalue weighted by molar-refractivity contribution is 7.80. The van der Waals surface area contributed by atoms with E-state index in [4.69, 9.17) is 5.73 Å². The van der Waals surface area contributed by atoms with Gasteiger partial charge in [-0.3, -0.25) is 9.52 Å². The van der Waals surface area contributed by atoms with Crippen molar-refractivity contribution in [2.75, 3.05) is 0 Å². The van der Waals surface area contributed by atoms with Crippen molar-refractivity contribution in [1.82, 2.24) is 4.72 Å². The van der Waals surface area contributed by atoms with E-state index in [1.165, 1.54) is 0 Å². The van der Waals surface area contributed by atoms with Gasteiger partial charge in [-0.1, -0.05) is 12.8 Å². The lowest BCUT2D eigenvalue weighted by Gasteiger charge is -1.96. The van der Waals surface area contributed by atoms with E-state index in [-0.39, 0.29) is 0 Å². The van der Waals surface area contributed by atoms with E-state index in [9.17, 15) is 9.59 Å². The number of ether oxygens (including phenoxy) is 1. The summed E-state index contributed by atoms with van der Waals surface area (Å²) in [6.45, 7) is 0. The van der Waals surface area contributed by atoms with Crippen LogP contribution in [0.1, 0.15) is 0 Å². The molecule has 7 heteroatoms. The third kappa shape index (κ3) is 3.25. The molecule has 56 valence electrons. The average Bonchev–Trinajstić information content (AvgIpc) is 1.85. The molecular formula is C3H4N2O3S2. The molecule has 0 saturated heterocycles. The Bertz CT molecular complexity index is 181. The van der Waals surface area contributed by atoms with Crippen molar-refractivity contribution in [2.24, 2.45) is 5.73 Å². The number of carbonyl (C=O) groups excluding carboxylic acids is 2. The van der Waals surface area contributed by atoms with Gasteiger partial charge in [-0.15, -0.1) is 0 Å². The Balaban J connectivity index is 3.86. The summed E-state index contributed by atoms with van der Waals surface area (Å²) in [5, 5.41) is -0.498. The molecule has 0 aromatic heterocycles. The Labute approximate surface area is 67.4 Å². The Morgan fingerprint density at radius 2 is 2.10 bits per heavy atom. The molecule has 0 aliphatic rings. The number of esters is 1. The minimum atomic E-state index is -1.18. The van der Waals surface area contributed by atoms with E-state index in [1.54, 1.807) is 4.72 Å². The molecule has 3 N–H and O–H groups in total. The van der Waals surface area contributed by atoms with Crippen LogP contribution < -0.4 is 10.5 Å². The Kier molecular flexibility index (Phi) is 3.74. The second kappa shape index (κ2) is 4.07. The fraction of sp³-hybridized carbons (Fsp3) is 0. The first kappa shape index (κ1) is 9.18. The lowest BCUT2D eigenvalue weighted by molar-refractivity contribution is -0.147. The number of carbonyl (C=O) groups is 2. The Morgan fingerprint density at radius 1 is 1.60 bits per heavy atom. The molecule has 0 spiro atoms. The van der Waals surface area contributed by atoms with E-state index in [0.29, 0.717) is 0 Å². The van der Waals surface area contributed by atoms with Gasteiger partial charge in [-0.2, -0.15) is 0 Å². The number of hydrogen-bond acceptors (Lipinski definition) is 5. The molecule has 0 fully saturated rings. The highest BCUT2D eigenvalue weighted by Crippen LogP contribution is 1.79. The lowest BCUT2D eigenvalue weighted by Crippen LogP contribution is -2.30. The number of amides is 1. The van der Waals surface area contributed by atoms with Crippen molar-refractivity contribution < 1.29 is 14.3 Å². The molecule has 0 aromatic carbocycles. The van der Waals surface area contributed by atoms with Crippen LogP contribution in [0.25, 0.3) is 0 Å². The summed E-state index contributed by atoms with van der Waals surface area (Å²) in [6.07, 6.45) is 0. The minimum absolute atomic E-state index is 0.498. The number of thiol groups is 1. The van der Waals surface area contributed by atoms with Gasteiger partial charge >= 0.3 is 11.9 Å². The van der Waals surface area contributed by atoms with Crippen molar-refractivity contribution in [2.45, 2.75) is 0 Å². The van der Waals surface area contributed by atoms with Crippen LogP contribution in [0, 0.1) is 0 Å². The molecule has 0 radical (unpaired) electrons. The minimum Gasteiger partial charge on any atom is -0.392 e. The van der Waals surface area contributed by atoms with Gasteiger partial charge < -0.3 is 10.5 Å². The molecule has 5 nitrogen and oxygen atoms in total. The summed E-state index contributed by atoms with van der Waals surface area (Å²) >= 11 is 7.46. The fourth-order valence-electron chi connectivity index (χ4n) is 0.183. The van der Waals surface area contributed by atoms with Gasteiger partial charge in [-0.05, 0) is 12.2 Å². The highest BCUT2D eigenvalue weighted by Gasteiger charge is 2.13. The van der Waals surface area contributed by atoms with E-state index in [1.807, 2.05) is 0 Å². The maximum absolute atomic E-state index is 10.3. The van der Waals surface area contributed by atoms with Gasteiger partial charge in [0.15, 0.2) is 0 Å². The summed E-state index contributed by atoms with van der Waals surface area (Å²) in [7, 11) is 0. The maximum atomic E-state index is 10.3. The normalized spacial score (nSPS) is 8.10. The van der Waals surface area contributed by atoms with E-state index < -0.39 is 17.1 Å². The van der Waals surface area contributed by atoms with Gasteiger partial charge in [-0.25, -0.2) is 4.79 Å². The molecule has 0 atom stereocenters. The smallest absolute Gasteiger partial charge is 0.392 e. The molecule has 10 heavy (non-hydrogen) atoms. The van der Waals surface area contributed by atoms with E-state index in [2.05, 4.69) is 29.8 Å². The third-order valence-electron chi connectivity index (χ3n) is 0.480. The SMILES string of the molecule is NC(=S)OC(=O)C(=O)NS. The van der Waals surface area contributed by atoms with Gasteiger partial charge in [0.2, 0.25) is 0 Å². The molecule has 0 saturated carbocycles. The van der Waals surface area contributed by atoms with Gasteiger partial charge in [0.1, 0.15) is 0 Å². The monoisotopic (exact) mass is 180 g/mol. The number of thiocarbonyl (C=S) groups is 1. The zero-order valence-corrected chi connectivity index (χ0v) is 6.37. The van der Waals surface area contributed by atoms with Gasteiger partial charge in [0.25, 0.3) is 5.17 Å². The summed E-state index contributed by atoms with van der Waals surface area (Å²) < 4.78 is 5.75. The van der Waals surface area contributed by atoms with Crippen LogP contribution in [0.5, 0.6) is 0 Å². The van der Waals surface area contributed by atoms with Crippen LogP contribution in [0.2, 0.25) is 0 Å². The Hall–Kier alpha value is -0.820. The van der Waals surface area contributed by atoms with Crippen LogP contribution in [0.4, 0.5) is 0 Å². The summed E-state index contributed by atoms with van der Waals surface area (Å²) in [4.78, 5) is 20.6. The number of rotatable bonds is 0. The highest BCUT2D eigenvalue weighted by atomic mass is 32.1. The van der Waals surface area contributed by atoms with Crippen LogP contribution in [0.3, 0.4) is 0 Å². The van der Waals surface area contributed by atoms with Crippen LogP contribution in [0.15, 0.2) is 0 Å². The largest absolute Gasteiger partial charge is 0.404 e. The van der Waals surface area contributed by atoms with Crippen LogP contribution in [-0.4, -0.2) is 17.1 Å². The maximum Gasteiger partial charge on any atom is 0.404 e. The number of nitrogens with two attached hydrogens (primary N) is 1. The van der Waals surface area contributed by atoms with E-state index in [0.717, 1.165) is 0 Å². The fourth-order valence-corrected chi connectivity index (χ4v) is 0.350. The predicted octanol–water partition coefficient (Wildman–Crippen LogP) is -1.27. The molecular weight excluding hydrogens is 176 g/mol. The zero-order chi connectivity index (χ0) is 8.15. The summed E-state index contributed by atoms with van der Waals surface area (Å²) in [5.74, 6) is -2.20. The van der Waals surface area contributed by atoms with Gasteiger partial charge in [0, 0.05) is 0 Å². The third-order valence-corrected chi connectivity index (χ3v) is 0.767. The summed E-state index contributed by atoms with van der Waals surface area (Å²) in [5.41, 5.74) is 4.77. The molecule has 0 unspecified atom stereocenters. The van der Waals surface area contributed by atoms with Gasteiger partial charge in [0.05, 0.1) is 0 Å². The summed E-state index contributed by atoms with van der Waals surface area (Å²) in [6, 6.07) is 0. The Morgan fingerprint density at radius 3 is 2.40 bits per heavy atom. The van der Waals surface area contributed by atoms with Crippen LogP contribution in [-0.2, 0) is 14.3 Å². The van der Waals surface area contributed by atoms with Crippen LogP contribution >= 0.6 is 25.0 Å². The molecule has 0 aromatic rings. The van der Waals surface area contributed by atoms with Crippen molar-refractivity contribution in [3.63, 3.8) is 0 Å². The average molecular weight is 180 g/mol. The standard InChI is InChI=1S/C3H4N2O3S2/c4-3(9)8-2(7)1(6)5-10/h10H,(H2,4,9)(H,5,6). The first-order valence-electron chi connectivity index (χ1n) is 2.03. The predicted molar refractivity (Wildman–Crippen MR) is 40.0 cm³/mol. The first-order valence-corrected chi connectivity index (χ1v) is 2.89. The molecule has 0 heterocycles. The second-order valence-electron chi connectivity index (χ2n) is 1.15. The second-order valence-corrected chi connectivity index (χ2v) is 1.78. The molecule has 0 aliphatic carbocycles. The van der Waals surface area contributed by atoms with Crippen molar-refractivity contribution in [3.8, 4) is 0 Å². The topological polar surface area (TPSA) is 81.4 Å². The lowest BCUT2D eigenvalue weighted by atomic mass is 10.7. The number of nitrogens with one attached hydrogen (secondary N) is 1. The molecule has 0 bridgehead atoms. The van der Waals surface area contributed by atoms with Crippen molar-refractivity contribution in [1.29, 1.82) is 0 Å².